The van der Waals surface area contributed by atoms with Crippen LogP contribution in [-0.2, 0) is 0 Å². The number of benzene rings is 2. The molecule has 0 atom stereocenters. The van der Waals surface area contributed by atoms with Gasteiger partial charge < -0.3 is 0 Å². The van der Waals surface area contributed by atoms with E-state index >= 15 is 0 Å². The van der Waals surface area contributed by atoms with Gasteiger partial charge in [0.05, 0.1) is 17.6 Å². The first-order valence-corrected chi connectivity index (χ1v) is 6.59. The number of rotatable bonds is 1. The zero-order valence-electron chi connectivity index (χ0n) is 10.3. The predicted octanol–water partition coefficient (Wildman–Crippen LogP) is 4.65. The Labute approximate surface area is 119 Å². The number of aryl methyl sites for hydroxylation is 1. The number of hydrogen-bond donors (Lipinski definition) is 0. The molecule has 3 nitrogen and oxygen atoms in total. The minimum atomic E-state index is 0.614. The van der Waals surface area contributed by atoms with Crippen LogP contribution in [0.4, 0.5) is 5.69 Å². The van der Waals surface area contributed by atoms with Crippen LogP contribution in [0.2, 0.25) is 0 Å². The van der Waals surface area contributed by atoms with Crippen LogP contribution in [0.15, 0.2) is 47.2 Å². The maximum Gasteiger partial charge on any atom is 0.189 e. The first-order chi connectivity index (χ1) is 9.19. The maximum absolute atomic E-state index is 7.03. The Morgan fingerprint density at radius 1 is 1.21 bits per heavy atom. The molecule has 0 N–H and O–H groups in total. The lowest BCUT2D eigenvalue weighted by molar-refractivity contribution is 1.09. The standard InChI is InChI=1S/C15H10BrN3/c1-10-3-5-12(8-13(10)16)19-9-18-14-7-11(17-2)4-6-15(14)19/h3-9H,1H3. The summed E-state index contributed by atoms with van der Waals surface area (Å²) in [6.07, 6.45) is 1.79. The highest BCUT2D eigenvalue weighted by Crippen LogP contribution is 2.25. The third-order valence-electron chi connectivity index (χ3n) is 3.09. The van der Waals surface area contributed by atoms with Crippen LogP contribution >= 0.6 is 15.9 Å². The second-order valence-corrected chi connectivity index (χ2v) is 5.19. The van der Waals surface area contributed by atoms with Crippen LogP contribution in [0, 0.1) is 13.5 Å². The van der Waals surface area contributed by atoms with Gasteiger partial charge in [-0.3, -0.25) is 4.57 Å². The minimum Gasteiger partial charge on any atom is -0.299 e. The predicted molar refractivity (Wildman–Crippen MR) is 79.8 cm³/mol. The highest BCUT2D eigenvalue weighted by atomic mass is 79.9. The Hall–Kier alpha value is -2.12. The van der Waals surface area contributed by atoms with E-state index in [9.17, 15) is 0 Å². The lowest BCUT2D eigenvalue weighted by atomic mass is 10.2. The Morgan fingerprint density at radius 3 is 2.79 bits per heavy atom. The first-order valence-electron chi connectivity index (χ1n) is 5.80. The Bertz CT molecular complexity index is 812. The third kappa shape index (κ3) is 2.02. The van der Waals surface area contributed by atoms with Gasteiger partial charge in [-0.05, 0) is 36.8 Å². The van der Waals surface area contributed by atoms with Gasteiger partial charge in [0.25, 0.3) is 0 Å². The van der Waals surface area contributed by atoms with E-state index in [0.717, 1.165) is 21.2 Å². The van der Waals surface area contributed by atoms with Gasteiger partial charge in [-0.1, -0.05) is 28.1 Å². The van der Waals surface area contributed by atoms with E-state index in [1.54, 1.807) is 6.33 Å². The zero-order valence-corrected chi connectivity index (χ0v) is 11.8. The van der Waals surface area contributed by atoms with Crippen molar-refractivity contribution in [3.63, 3.8) is 0 Å². The zero-order chi connectivity index (χ0) is 13.4. The minimum absolute atomic E-state index is 0.614. The molecule has 3 aromatic rings. The molecule has 0 unspecified atom stereocenters. The number of halogens is 1. The molecule has 0 amide bonds. The van der Waals surface area contributed by atoms with Crippen LogP contribution in [0.5, 0.6) is 0 Å². The van der Waals surface area contributed by atoms with Gasteiger partial charge in [-0.25, -0.2) is 9.83 Å². The van der Waals surface area contributed by atoms with Crippen molar-refractivity contribution in [3.8, 4) is 5.69 Å². The lowest BCUT2D eigenvalue weighted by Gasteiger charge is -2.06. The van der Waals surface area contributed by atoms with Crippen molar-refractivity contribution in [2.45, 2.75) is 6.92 Å². The second-order valence-electron chi connectivity index (χ2n) is 4.33. The summed E-state index contributed by atoms with van der Waals surface area (Å²) in [5, 5.41) is 0. The van der Waals surface area contributed by atoms with E-state index in [4.69, 9.17) is 6.57 Å². The SMILES string of the molecule is [C-]#[N+]c1ccc2c(c1)ncn2-c1ccc(C)c(Br)c1. The molecular weight excluding hydrogens is 302 g/mol. The normalized spacial score (nSPS) is 10.6. The molecule has 0 aliphatic rings. The average molecular weight is 312 g/mol. The van der Waals surface area contributed by atoms with E-state index in [2.05, 4.69) is 50.9 Å². The fourth-order valence-corrected chi connectivity index (χ4v) is 2.37. The lowest BCUT2D eigenvalue weighted by Crippen LogP contribution is -1.92. The highest BCUT2D eigenvalue weighted by Gasteiger charge is 2.06. The quantitative estimate of drug-likeness (QED) is 0.600. The van der Waals surface area contributed by atoms with Gasteiger partial charge in [0.1, 0.15) is 6.33 Å². The molecule has 0 spiro atoms. The van der Waals surface area contributed by atoms with Gasteiger partial charge in [-0.2, -0.15) is 0 Å². The summed E-state index contributed by atoms with van der Waals surface area (Å²) in [4.78, 5) is 7.78. The maximum atomic E-state index is 7.03. The molecule has 0 bridgehead atoms. The summed E-state index contributed by atoms with van der Waals surface area (Å²) >= 11 is 3.54. The molecule has 0 saturated carbocycles. The number of aromatic nitrogens is 2. The summed E-state index contributed by atoms with van der Waals surface area (Å²) in [5.74, 6) is 0. The smallest absolute Gasteiger partial charge is 0.189 e. The first kappa shape index (κ1) is 11.9. The molecule has 2 aromatic carbocycles. The molecule has 0 saturated heterocycles. The number of imidazole rings is 1. The van der Waals surface area contributed by atoms with Crippen LogP contribution in [-0.4, -0.2) is 9.55 Å². The molecule has 0 fully saturated rings. The van der Waals surface area contributed by atoms with Crippen molar-refractivity contribution < 1.29 is 0 Å². The molecule has 0 radical (unpaired) electrons. The number of fused-ring (bicyclic) bond motifs is 1. The Balaban J connectivity index is 2.20. The second kappa shape index (κ2) is 4.52. The Kier molecular flexibility index (Phi) is 2.84. The van der Waals surface area contributed by atoms with Gasteiger partial charge in [0, 0.05) is 10.2 Å². The van der Waals surface area contributed by atoms with Crippen LogP contribution in [0.25, 0.3) is 21.6 Å². The van der Waals surface area contributed by atoms with Crippen molar-refractivity contribution >= 4 is 32.7 Å². The van der Waals surface area contributed by atoms with Gasteiger partial charge in [-0.15, -0.1) is 0 Å². The fraction of sp³-hybridized carbons (Fsp3) is 0.0667. The summed E-state index contributed by atoms with van der Waals surface area (Å²) < 4.78 is 3.09. The van der Waals surface area contributed by atoms with Crippen LogP contribution in [0.1, 0.15) is 5.56 Å². The summed E-state index contributed by atoms with van der Waals surface area (Å²) in [6.45, 7) is 9.08. The molecule has 92 valence electrons. The monoisotopic (exact) mass is 311 g/mol. The Morgan fingerprint density at radius 2 is 2.05 bits per heavy atom. The molecule has 19 heavy (non-hydrogen) atoms. The number of nitrogens with zero attached hydrogens (tertiary/aromatic N) is 3. The van der Waals surface area contributed by atoms with Crippen molar-refractivity contribution in [3.05, 3.63) is 64.2 Å². The van der Waals surface area contributed by atoms with E-state index < -0.39 is 0 Å². The van der Waals surface area contributed by atoms with Gasteiger partial charge in [0.2, 0.25) is 0 Å². The summed E-state index contributed by atoms with van der Waals surface area (Å²) in [7, 11) is 0. The van der Waals surface area contributed by atoms with Crippen molar-refractivity contribution in [2.24, 2.45) is 0 Å². The van der Waals surface area contributed by atoms with Crippen LogP contribution < -0.4 is 0 Å². The van der Waals surface area contributed by atoms with Crippen molar-refractivity contribution in [1.82, 2.24) is 9.55 Å². The van der Waals surface area contributed by atoms with Gasteiger partial charge >= 0.3 is 0 Å². The molecule has 3 rings (SSSR count). The largest absolute Gasteiger partial charge is 0.299 e. The van der Waals surface area contributed by atoms with E-state index in [1.807, 2.05) is 22.8 Å². The molecular formula is C15H10BrN3. The van der Waals surface area contributed by atoms with E-state index in [0.29, 0.717) is 5.69 Å². The fourth-order valence-electron chi connectivity index (χ4n) is 2.01. The van der Waals surface area contributed by atoms with Crippen molar-refractivity contribution in [1.29, 1.82) is 0 Å². The molecule has 0 aliphatic heterocycles. The van der Waals surface area contributed by atoms with Crippen LogP contribution in [0.3, 0.4) is 0 Å². The molecule has 1 heterocycles. The molecule has 4 heteroatoms. The summed E-state index contributed by atoms with van der Waals surface area (Å²) in [6, 6.07) is 11.8. The third-order valence-corrected chi connectivity index (χ3v) is 3.95. The summed E-state index contributed by atoms with van der Waals surface area (Å²) in [5.41, 5.74) is 4.70. The van der Waals surface area contributed by atoms with Gasteiger partial charge in [0.15, 0.2) is 5.69 Å². The van der Waals surface area contributed by atoms with E-state index in [1.165, 1.54) is 5.56 Å². The van der Waals surface area contributed by atoms with E-state index in [-0.39, 0.29) is 0 Å². The topological polar surface area (TPSA) is 22.2 Å². The number of hydrogen-bond acceptors (Lipinski definition) is 1. The average Bonchev–Trinajstić information content (AvgIpc) is 2.84. The highest BCUT2D eigenvalue weighted by molar-refractivity contribution is 9.10. The molecule has 1 aromatic heterocycles. The van der Waals surface area contributed by atoms with Crippen molar-refractivity contribution in [2.75, 3.05) is 0 Å². The molecule has 0 aliphatic carbocycles.